The number of benzene rings is 1. The van der Waals surface area contributed by atoms with Crippen LogP contribution in [0.2, 0.25) is 0 Å². The van der Waals surface area contributed by atoms with Crippen molar-refractivity contribution < 1.29 is 0 Å². The summed E-state index contributed by atoms with van der Waals surface area (Å²) >= 11 is 0. The van der Waals surface area contributed by atoms with Crippen LogP contribution in [0.5, 0.6) is 0 Å². The van der Waals surface area contributed by atoms with Crippen LogP contribution in [0, 0.1) is 5.41 Å². The van der Waals surface area contributed by atoms with E-state index in [1.54, 1.807) is 0 Å². The smallest absolute Gasteiger partial charge is 0.0419 e. The lowest BCUT2D eigenvalue weighted by Gasteiger charge is -2.38. The first-order chi connectivity index (χ1) is 8.85. The number of hydrogen-bond donors (Lipinski definition) is 1. The molecule has 2 aliphatic heterocycles. The molecule has 1 aromatic rings. The Morgan fingerprint density at radius 2 is 2.11 bits per heavy atom. The number of fused-ring (bicyclic) bond motifs is 1. The van der Waals surface area contributed by atoms with Gasteiger partial charge in [-0.1, -0.05) is 24.6 Å². The second kappa shape index (κ2) is 4.99. The molecule has 0 unspecified atom stereocenters. The Morgan fingerprint density at radius 1 is 1.21 bits per heavy atom. The Bertz CT molecular complexity index is 468. The topological polar surface area (TPSA) is 15.3 Å². The van der Waals surface area contributed by atoms with Gasteiger partial charge in [0.15, 0.2) is 0 Å². The van der Waals surface area contributed by atoms with Crippen molar-refractivity contribution in [1.82, 2.24) is 4.90 Å². The number of rotatable bonds is 2. The van der Waals surface area contributed by atoms with Gasteiger partial charge in [0.05, 0.1) is 0 Å². The monoisotopic (exact) mass is 278 g/mol. The lowest BCUT2D eigenvalue weighted by molar-refractivity contribution is 0.137. The zero-order valence-electron chi connectivity index (χ0n) is 11.5. The van der Waals surface area contributed by atoms with Crippen molar-refractivity contribution in [1.29, 1.82) is 0 Å². The van der Waals surface area contributed by atoms with Crippen LogP contribution in [-0.4, -0.2) is 24.5 Å². The molecule has 1 saturated carbocycles. The molecule has 0 bridgehead atoms. The van der Waals surface area contributed by atoms with Crippen molar-refractivity contribution in [2.45, 2.75) is 38.6 Å². The first-order valence-corrected chi connectivity index (χ1v) is 7.42. The first-order valence-electron chi connectivity index (χ1n) is 7.42. The molecule has 0 atom stereocenters. The van der Waals surface area contributed by atoms with Crippen molar-refractivity contribution in [3.8, 4) is 0 Å². The molecule has 3 heteroatoms. The van der Waals surface area contributed by atoms with Gasteiger partial charge in [-0.3, -0.25) is 4.90 Å². The molecular weight excluding hydrogens is 256 g/mol. The SMILES string of the molecule is Cl.c1cc2c(c(CN3CCC4(CCC4)C3)c1)NCC2. The highest BCUT2D eigenvalue weighted by molar-refractivity contribution is 5.85. The number of hydrogen-bond acceptors (Lipinski definition) is 2. The molecule has 0 radical (unpaired) electrons. The van der Waals surface area contributed by atoms with E-state index >= 15 is 0 Å². The van der Waals surface area contributed by atoms with Gasteiger partial charge in [-0.05, 0) is 48.8 Å². The molecule has 0 aromatic heterocycles. The number of likely N-dealkylation sites (tertiary alicyclic amines) is 1. The zero-order valence-corrected chi connectivity index (χ0v) is 12.3. The van der Waals surface area contributed by atoms with Crippen molar-refractivity contribution >= 4 is 18.1 Å². The van der Waals surface area contributed by atoms with Crippen molar-refractivity contribution in [3.05, 3.63) is 29.3 Å². The van der Waals surface area contributed by atoms with E-state index in [-0.39, 0.29) is 12.4 Å². The normalized spacial score (nSPS) is 23.6. The van der Waals surface area contributed by atoms with Crippen LogP contribution in [0.4, 0.5) is 5.69 Å². The number of nitrogens with zero attached hydrogens (tertiary/aromatic N) is 1. The molecule has 104 valence electrons. The third kappa shape index (κ3) is 2.25. The van der Waals surface area contributed by atoms with Gasteiger partial charge >= 0.3 is 0 Å². The predicted molar refractivity (Wildman–Crippen MR) is 82.1 cm³/mol. The molecule has 1 saturated heterocycles. The van der Waals surface area contributed by atoms with Crippen molar-refractivity contribution in [2.24, 2.45) is 5.41 Å². The molecule has 1 spiro atoms. The fraction of sp³-hybridized carbons (Fsp3) is 0.625. The summed E-state index contributed by atoms with van der Waals surface area (Å²) in [6.45, 7) is 4.93. The van der Waals surface area contributed by atoms with E-state index in [0.29, 0.717) is 0 Å². The predicted octanol–water partition coefficient (Wildman–Crippen LogP) is 3.45. The van der Waals surface area contributed by atoms with Gasteiger partial charge < -0.3 is 5.32 Å². The van der Waals surface area contributed by atoms with Gasteiger partial charge in [-0.25, -0.2) is 0 Å². The van der Waals surface area contributed by atoms with Gasteiger partial charge in [0.2, 0.25) is 0 Å². The van der Waals surface area contributed by atoms with E-state index in [2.05, 4.69) is 28.4 Å². The minimum Gasteiger partial charge on any atom is -0.384 e. The molecule has 4 rings (SSSR count). The molecule has 3 aliphatic rings. The first kappa shape index (κ1) is 13.3. The largest absolute Gasteiger partial charge is 0.384 e. The third-order valence-electron chi connectivity index (χ3n) is 5.26. The van der Waals surface area contributed by atoms with E-state index in [0.717, 1.165) is 18.5 Å². The van der Waals surface area contributed by atoms with Crippen LogP contribution in [0.3, 0.4) is 0 Å². The minimum atomic E-state index is 0. The van der Waals surface area contributed by atoms with Crippen LogP contribution >= 0.6 is 12.4 Å². The highest BCUT2D eigenvalue weighted by Gasteiger charge is 2.42. The highest BCUT2D eigenvalue weighted by atomic mass is 35.5. The lowest BCUT2D eigenvalue weighted by atomic mass is 9.68. The number of anilines is 1. The van der Waals surface area contributed by atoms with Crippen LogP contribution in [0.1, 0.15) is 36.8 Å². The fourth-order valence-corrected chi connectivity index (χ4v) is 4.03. The summed E-state index contributed by atoms with van der Waals surface area (Å²) in [4.78, 5) is 2.68. The summed E-state index contributed by atoms with van der Waals surface area (Å²) in [5, 5.41) is 3.56. The summed E-state index contributed by atoms with van der Waals surface area (Å²) < 4.78 is 0. The molecule has 1 aromatic carbocycles. The Labute approximate surface area is 122 Å². The van der Waals surface area contributed by atoms with Gasteiger partial charge in [0, 0.05) is 25.3 Å². The fourth-order valence-electron chi connectivity index (χ4n) is 4.03. The van der Waals surface area contributed by atoms with Crippen LogP contribution in [-0.2, 0) is 13.0 Å². The second-order valence-corrected chi connectivity index (χ2v) is 6.44. The lowest BCUT2D eigenvalue weighted by Crippen LogP contribution is -2.32. The molecular formula is C16H23ClN2. The zero-order chi connectivity index (χ0) is 12.0. The number of para-hydroxylation sites is 1. The number of nitrogens with one attached hydrogen (secondary N) is 1. The van der Waals surface area contributed by atoms with Crippen LogP contribution in [0.15, 0.2) is 18.2 Å². The Morgan fingerprint density at radius 3 is 2.84 bits per heavy atom. The van der Waals surface area contributed by atoms with Gasteiger partial charge in [-0.2, -0.15) is 0 Å². The highest BCUT2D eigenvalue weighted by Crippen LogP contribution is 2.48. The van der Waals surface area contributed by atoms with Gasteiger partial charge in [0.1, 0.15) is 0 Å². The average molecular weight is 279 g/mol. The standard InChI is InChI=1S/C16H22N2.ClH/c1-3-13-5-9-17-15(13)14(4-1)11-18-10-8-16(12-18)6-2-7-16;/h1,3-4,17H,2,5-12H2;1H. The molecule has 1 N–H and O–H groups in total. The summed E-state index contributed by atoms with van der Waals surface area (Å²) in [5.41, 5.74) is 5.20. The maximum Gasteiger partial charge on any atom is 0.0419 e. The maximum absolute atomic E-state index is 3.56. The summed E-state index contributed by atoms with van der Waals surface area (Å²) in [5.74, 6) is 0. The Balaban J connectivity index is 0.00000110. The van der Waals surface area contributed by atoms with E-state index < -0.39 is 0 Å². The Kier molecular flexibility index (Phi) is 3.48. The average Bonchev–Trinajstić information content (AvgIpc) is 2.94. The summed E-state index contributed by atoms with van der Waals surface area (Å²) in [7, 11) is 0. The van der Waals surface area contributed by atoms with E-state index in [1.807, 2.05) is 0 Å². The van der Waals surface area contributed by atoms with E-state index in [1.165, 1.54) is 62.0 Å². The second-order valence-electron chi connectivity index (χ2n) is 6.44. The van der Waals surface area contributed by atoms with E-state index in [4.69, 9.17) is 0 Å². The molecule has 0 amide bonds. The third-order valence-corrected chi connectivity index (χ3v) is 5.26. The van der Waals surface area contributed by atoms with Crippen LogP contribution < -0.4 is 5.32 Å². The summed E-state index contributed by atoms with van der Waals surface area (Å²) in [6, 6.07) is 6.81. The molecule has 2 heterocycles. The molecule has 19 heavy (non-hydrogen) atoms. The van der Waals surface area contributed by atoms with Gasteiger partial charge in [-0.15, -0.1) is 12.4 Å². The van der Waals surface area contributed by atoms with E-state index in [9.17, 15) is 0 Å². The molecule has 1 aliphatic carbocycles. The minimum absolute atomic E-state index is 0. The molecule has 2 fully saturated rings. The van der Waals surface area contributed by atoms with Crippen molar-refractivity contribution in [2.75, 3.05) is 25.0 Å². The Hall–Kier alpha value is -0.730. The van der Waals surface area contributed by atoms with Gasteiger partial charge in [0.25, 0.3) is 0 Å². The molecule has 2 nitrogen and oxygen atoms in total. The maximum atomic E-state index is 3.56. The quantitative estimate of drug-likeness (QED) is 0.891. The van der Waals surface area contributed by atoms with Crippen molar-refractivity contribution in [3.63, 3.8) is 0 Å². The summed E-state index contributed by atoms with van der Waals surface area (Å²) in [6.07, 6.45) is 7.07. The number of halogens is 1. The van der Waals surface area contributed by atoms with Crippen LogP contribution in [0.25, 0.3) is 0 Å².